The van der Waals surface area contributed by atoms with Gasteiger partial charge in [-0.05, 0) is 51.4 Å². The first-order valence-electron chi connectivity index (χ1n) is 13.1. The minimum atomic E-state index is -1.25. The molecule has 6 nitrogen and oxygen atoms in total. The van der Waals surface area contributed by atoms with Crippen molar-refractivity contribution in [3.63, 3.8) is 0 Å². The number of likely N-dealkylation sites (N-methyl/N-ethyl adjacent to an activating group) is 1. The number of unbranched alkanes of at least 4 members (excludes halogenated alkanes) is 4. The predicted molar refractivity (Wildman–Crippen MR) is 141 cm³/mol. The van der Waals surface area contributed by atoms with Gasteiger partial charge in [0.05, 0.1) is 33.7 Å². The van der Waals surface area contributed by atoms with Gasteiger partial charge in [0, 0.05) is 12.4 Å². The van der Waals surface area contributed by atoms with Crippen LogP contribution in [0.4, 0.5) is 0 Å². The number of carboxylic acid groups (broad SMARTS) is 1. The van der Waals surface area contributed by atoms with Gasteiger partial charge in [-0.1, -0.05) is 68.4 Å². The second-order valence-corrected chi connectivity index (χ2v) is 10.0. The number of esters is 1. The lowest BCUT2D eigenvalue weighted by Crippen LogP contribution is -2.45. The van der Waals surface area contributed by atoms with Crippen LogP contribution in [0.2, 0.25) is 0 Å². The van der Waals surface area contributed by atoms with Crippen molar-refractivity contribution in [1.29, 1.82) is 0 Å². The topological polar surface area (TPSA) is 86.7 Å². The summed E-state index contributed by atoms with van der Waals surface area (Å²) in [4.78, 5) is 23.0. The summed E-state index contributed by atoms with van der Waals surface area (Å²) in [5.74, 6) is -1.83. The van der Waals surface area contributed by atoms with Gasteiger partial charge in [0.2, 0.25) is 0 Å². The Morgan fingerprint density at radius 1 is 0.829 bits per heavy atom. The van der Waals surface area contributed by atoms with E-state index in [2.05, 4.69) is 55.5 Å². The fraction of sp³-hybridized carbons (Fsp3) is 0.655. The van der Waals surface area contributed by atoms with E-state index in [1.165, 1.54) is 25.7 Å². The molecule has 0 aromatic heterocycles. The number of hydrogen-bond donors (Lipinski definition) is 1. The van der Waals surface area contributed by atoms with E-state index in [1.807, 2.05) is 21.1 Å². The van der Waals surface area contributed by atoms with Gasteiger partial charge in [0.1, 0.15) is 6.54 Å². The number of quaternary nitrogens is 1. The molecule has 35 heavy (non-hydrogen) atoms. The van der Waals surface area contributed by atoms with Crippen LogP contribution in [-0.2, 0) is 14.3 Å². The van der Waals surface area contributed by atoms with E-state index < -0.39 is 24.1 Å². The first kappa shape index (κ1) is 32.8. The quantitative estimate of drug-likeness (QED) is 0.109. The van der Waals surface area contributed by atoms with E-state index in [4.69, 9.17) is 4.74 Å². The maximum atomic E-state index is 12.1. The highest BCUT2D eigenvalue weighted by Crippen LogP contribution is 2.10. The van der Waals surface area contributed by atoms with Gasteiger partial charge < -0.3 is 24.2 Å². The zero-order valence-electron chi connectivity index (χ0n) is 22.5. The number of rotatable bonds is 21. The Morgan fingerprint density at radius 3 is 1.83 bits per heavy atom. The van der Waals surface area contributed by atoms with Crippen molar-refractivity contribution in [2.45, 2.75) is 96.2 Å². The number of carbonyl (C=O) groups is 2. The number of carboxylic acids is 1. The number of ether oxygens (including phenoxy) is 1. The average molecular weight is 492 g/mol. The van der Waals surface area contributed by atoms with E-state index in [0.717, 1.165) is 32.1 Å². The molecular weight excluding hydrogens is 442 g/mol. The minimum absolute atomic E-state index is 0.130. The normalized spacial score (nSPS) is 14.4. The lowest BCUT2D eigenvalue weighted by molar-refractivity contribution is -0.873. The maximum absolute atomic E-state index is 12.1. The summed E-state index contributed by atoms with van der Waals surface area (Å²) in [6.07, 6.45) is 25.3. The van der Waals surface area contributed by atoms with Crippen molar-refractivity contribution in [3.05, 3.63) is 48.6 Å². The van der Waals surface area contributed by atoms with Gasteiger partial charge in [-0.3, -0.25) is 4.79 Å². The summed E-state index contributed by atoms with van der Waals surface area (Å²) in [5, 5.41) is 21.0. The highest BCUT2D eigenvalue weighted by molar-refractivity contribution is 5.71. The molecule has 0 amide bonds. The van der Waals surface area contributed by atoms with Gasteiger partial charge in [0.15, 0.2) is 6.10 Å². The molecule has 0 bridgehead atoms. The van der Waals surface area contributed by atoms with Crippen LogP contribution in [0, 0.1) is 0 Å². The number of aliphatic hydroxyl groups is 1. The van der Waals surface area contributed by atoms with Crippen LogP contribution in [0.3, 0.4) is 0 Å². The summed E-state index contributed by atoms with van der Waals surface area (Å²) in [7, 11) is 5.67. The highest BCUT2D eigenvalue weighted by atomic mass is 16.5. The smallest absolute Gasteiger partial charge is 0.308 e. The summed E-state index contributed by atoms with van der Waals surface area (Å²) in [6.45, 7) is 2.59. The van der Waals surface area contributed by atoms with Crippen LogP contribution in [-0.4, -0.2) is 61.4 Å². The molecular formula is C29H49NO5. The van der Waals surface area contributed by atoms with Gasteiger partial charge in [-0.15, -0.1) is 0 Å². The van der Waals surface area contributed by atoms with Gasteiger partial charge >= 0.3 is 5.97 Å². The first-order valence-corrected chi connectivity index (χ1v) is 13.1. The minimum Gasteiger partial charge on any atom is -0.550 e. The fourth-order valence-corrected chi connectivity index (χ4v) is 3.50. The van der Waals surface area contributed by atoms with E-state index >= 15 is 0 Å². The van der Waals surface area contributed by atoms with Crippen LogP contribution < -0.4 is 5.11 Å². The van der Waals surface area contributed by atoms with E-state index in [9.17, 15) is 19.8 Å². The van der Waals surface area contributed by atoms with Gasteiger partial charge in [-0.25, -0.2) is 0 Å². The van der Waals surface area contributed by atoms with Crippen molar-refractivity contribution in [2.24, 2.45) is 0 Å². The van der Waals surface area contributed by atoms with Crippen molar-refractivity contribution >= 4 is 11.9 Å². The SMILES string of the molecule is CCCCC/C=C/C/C=C/C/C=C/C/C=C/CCCC(O)CC(=O)OC(CC(=O)[O-])C[N+](C)(C)C. The standard InChI is InChI=1S/C29H49NO5/c1-5-6-7-8-9-10-11-12-13-14-15-16-17-18-19-20-21-22-26(31)23-29(34)35-27(24-28(32)33)25-30(2,3)4/h9-10,12-13,15-16,18-19,26-27,31H,5-8,11,14,17,20-25H2,1-4H3/b10-9+,13-12+,16-15+,19-18+. The Kier molecular flexibility index (Phi) is 19.8. The van der Waals surface area contributed by atoms with Crippen molar-refractivity contribution < 1.29 is 29.0 Å². The molecule has 0 aliphatic carbocycles. The van der Waals surface area contributed by atoms with E-state index in [-0.39, 0.29) is 12.8 Å². The van der Waals surface area contributed by atoms with E-state index in [1.54, 1.807) is 0 Å². The third kappa shape index (κ3) is 24.7. The summed E-state index contributed by atoms with van der Waals surface area (Å²) in [6, 6.07) is 0. The average Bonchev–Trinajstić information content (AvgIpc) is 2.74. The molecule has 2 unspecified atom stereocenters. The monoisotopic (exact) mass is 491 g/mol. The number of hydrogen-bond acceptors (Lipinski definition) is 5. The summed E-state index contributed by atoms with van der Waals surface area (Å²) in [5.41, 5.74) is 0. The maximum Gasteiger partial charge on any atom is 0.308 e. The molecule has 0 aromatic rings. The van der Waals surface area contributed by atoms with Crippen LogP contribution in [0.5, 0.6) is 0 Å². The molecule has 0 aliphatic rings. The number of allylic oxidation sites excluding steroid dienone is 8. The Labute approximate surface area is 213 Å². The largest absolute Gasteiger partial charge is 0.550 e. The third-order valence-corrected chi connectivity index (χ3v) is 5.21. The predicted octanol–water partition coefficient (Wildman–Crippen LogP) is 4.64. The molecule has 0 aromatic carbocycles. The Balaban J connectivity index is 3.92. The Hall–Kier alpha value is -2.18. The molecule has 2 atom stereocenters. The van der Waals surface area contributed by atoms with E-state index in [0.29, 0.717) is 17.4 Å². The zero-order chi connectivity index (χ0) is 26.4. The van der Waals surface area contributed by atoms with Gasteiger partial charge in [0.25, 0.3) is 0 Å². The van der Waals surface area contributed by atoms with Crippen LogP contribution >= 0.6 is 0 Å². The van der Waals surface area contributed by atoms with Crippen molar-refractivity contribution in [2.75, 3.05) is 27.7 Å². The molecule has 0 rings (SSSR count). The molecule has 0 aliphatic heterocycles. The Morgan fingerprint density at radius 2 is 1.34 bits per heavy atom. The highest BCUT2D eigenvalue weighted by Gasteiger charge is 2.23. The van der Waals surface area contributed by atoms with Crippen LogP contribution in [0.25, 0.3) is 0 Å². The number of nitrogens with zero attached hydrogens (tertiary/aromatic N) is 1. The van der Waals surface area contributed by atoms with Crippen LogP contribution in [0.15, 0.2) is 48.6 Å². The molecule has 0 saturated heterocycles. The molecule has 0 saturated carbocycles. The van der Waals surface area contributed by atoms with Gasteiger partial charge in [-0.2, -0.15) is 0 Å². The fourth-order valence-electron chi connectivity index (χ4n) is 3.50. The second kappa shape index (κ2) is 21.1. The third-order valence-electron chi connectivity index (χ3n) is 5.21. The molecule has 0 fully saturated rings. The molecule has 0 heterocycles. The number of aliphatic hydroxyl groups excluding tert-OH is 1. The second-order valence-electron chi connectivity index (χ2n) is 10.0. The number of carbonyl (C=O) groups excluding carboxylic acids is 2. The Bertz CT molecular complexity index is 673. The van der Waals surface area contributed by atoms with Crippen molar-refractivity contribution in [1.82, 2.24) is 0 Å². The summed E-state index contributed by atoms with van der Waals surface area (Å²) >= 11 is 0. The molecule has 6 heteroatoms. The lowest BCUT2D eigenvalue weighted by atomic mass is 10.1. The molecule has 1 N–H and O–H groups in total. The molecule has 200 valence electrons. The molecule has 0 radical (unpaired) electrons. The lowest BCUT2D eigenvalue weighted by Gasteiger charge is -2.29. The molecule has 0 spiro atoms. The first-order chi connectivity index (χ1) is 16.6. The summed E-state index contributed by atoms with van der Waals surface area (Å²) < 4.78 is 5.74. The number of aliphatic carboxylic acids is 1. The zero-order valence-corrected chi connectivity index (χ0v) is 22.5. The van der Waals surface area contributed by atoms with Crippen LogP contribution in [0.1, 0.15) is 84.0 Å². The van der Waals surface area contributed by atoms with Crippen molar-refractivity contribution in [3.8, 4) is 0 Å².